The molecule has 1 aromatic heterocycles. The Morgan fingerprint density at radius 2 is 1.92 bits per heavy atom. The summed E-state index contributed by atoms with van der Waals surface area (Å²) in [5.41, 5.74) is 6.26. The third kappa shape index (κ3) is 5.54. The summed E-state index contributed by atoms with van der Waals surface area (Å²) in [4.78, 5) is 15.0. The van der Waals surface area contributed by atoms with Gasteiger partial charge in [-0.15, -0.1) is 24.8 Å². The summed E-state index contributed by atoms with van der Waals surface area (Å²) in [5.74, 6) is 3.01. The molecule has 0 atom stereocenters. The minimum Gasteiger partial charge on any atom is -0.467 e. The first kappa shape index (κ1) is 22.6. The number of carbonyl (C=O) groups excluding carboxylic acids is 1. The molecule has 0 aromatic carbocycles. The number of hydrogen-bond donors (Lipinski definition) is 2. The molecule has 25 heavy (non-hydrogen) atoms. The highest BCUT2D eigenvalue weighted by molar-refractivity contribution is 7.99. The quantitative estimate of drug-likeness (QED) is 0.781. The molecule has 0 bridgehead atoms. The maximum absolute atomic E-state index is 12.4. The van der Waals surface area contributed by atoms with Crippen molar-refractivity contribution in [3.63, 3.8) is 0 Å². The number of rotatable bonds is 5. The SMILES string of the molecule is Cl.Cl.NCc1cc(C(=O)NCC2(N3CCSCC3)CCCCC2)co1. The van der Waals surface area contributed by atoms with E-state index in [1.807, 2.05) is 11.8 Å². The van der Waals surface area contributed by atoms with E-state index in [0.717, 1.165) is 19.6 Å². The molecule has 2 heterocycles. The van der Waals surface area contributed by atoms with E-state index in [1.165, 1.54) is 49.9 Å². The van der Waals surface area contributed by atoms with E-state index in [2.05, 4.69) is 10.2 Å². The minimum absolute atomic E-state index is 0. The Bertz CT molecular complexity index is 530. The van der Waals surface area contributed by atoms with Gasteiger partial charge >= 0.3 is 0 Å². The number of nitrogens with two attached hydrogens (primary N) is 1. The third-order valence-electron chi connectivity index (χ3n) is 5.16. The van der Waals surface area contributed by atoms with Crippen molar-refractivity contribution in [2.24, 2.45) is 5.73 Å². The Hall–Kier alpha value is -0.400. The van der Waals surface area contributed by atoms with Crippen LogP contribution < -0.4 is 11.1 Å². The average Bonchev–Trinajstić information content (AvgIpc) is 3.10. The van der Waals surface area contributed by atoms with Gasteiger partial charge in [0.1, 0.15) is 12.0 Å². The monoisotopic (exact) mass is 409 g/mol. The van der Waals surface area contributed by atoms with Crippen molar-refractivity contribution in [2.45, 2.75) is 44.2 Å². The Labute approximate surface area is 166 Å². The first-order chi connectivity index (χ1) is 11.2. The zero-order valence-electron chi connectivity index (χ0n) is 14.5. The Morgan fingerprint density at radius 3 is 2.52 bits per heavy atom. The van der Waals surface area contributed by atoms with Crippen molar-refractivity contribution in [2.75, 3.05) is 31.1 Å². The summed E-state index contributed by atoms with van der Waals surface area (Å²) in [7, 11) is 0. The van der Waals surface area contributed by atoms with Crippen molar-refractivity contribution in [1.82, 2.24) is 10.2 Å². The average molecular weight is 410 g/mol. The molecule has 0 spiro atoms. The lowest BCUT2D eigenvalue weighted by molar-refractivity contribution is 0.0548. The molecule has 0 radical (unpaired) electrons. The second-order valence-electron chi connectivity index (χ2n) is 6.57. The number of nitrogens with zero attached hydrogens (tertiary/aromatic N) is 1. The van der Waals surface area contributed by atoms with E-state index in [1.54, 1.807) is 6.07 Å². The number of nitrogens with one attached hydrogen (secondary N) is 1. The van der Waals surface area contributed by atoms with Gasteiger partial charge in [-0.1, -0.05) is 19.3 Å². The van der Waals surface area contributed by atoms with Gasteiger partial charge in [-0.2, -0.15) is 11.8 Å². The molecule has 0 unspecified atom stereocenters. The van der Waals surface area contributed by atoms with Crippen LogP contribution in [0.25, 0.3) is 0 Å². The van der Waals surface area contributed by atoms with Crippen LogP contribution in [-0.2, 0) is 6.54 Å². The highest BCUT2D eigenvalue weighted by Crippen LogP contribution is 2.34. The van der Waals surface area contributed by atoms with Gasteiger partial charge in [0.2, 0.25) is 0 Å². The third-order valence-corrected chi connectivity index (χ3v) is 6.10. The summed E-state index contributed by atoms with van der Waals surface area (Å²) in [6.45, 7) is 3.34. The van der Waals surface area contributed by atoms with Gasteiger partial charge in [0.15, 0.2) is 0 Å². The van der Waals surface area contributed by atoms with Gasteiger partial charge < -0.3 is 15.5 Å². The van der Waals surface area contributed by atoms with Crippen molar-refractivity contribution in [1.29, 1.82) is 0 Å². The second kappa shape index (κ2) is 10.7. The highest BCUT2D eigenvalue weighted by Gasteiger charge is 2.38. The Balaban J connectivity index is 0.00000156. The molecule has 2 aliphatic rings. The maximum Gasteiger partial charge on any atom is 0.254 e. The standard InChI is InChI=1S/C17H27N3O2S.2ClH/c18-11-15-10-14(12-22-15)16(21)19-13-17(4-2-1-3-5-17)20-6-8-23-9-7-20;;/h10,12H,1-9,11,13,18H2,(H,19,21);2*1H. The van der Waals surface area contributed by atoms with Gasteiger partial charge in [0, 0.05) is 36.7 Å². The molecule has 3 N–H and O–H groups in total. The number of thioether (sulfide) groups is 1. The number of halogens is 2. The number of furan rings is 1. The van der Waals surface area contributed by atoms with Gasteiger partial charge in [-0.3, -0.25) is 9.69 Å². The van der Waals surface area contributed by atoms with Crippen LogP contribution in [0.15, 0.2) is 16.7 Å². The lowest BCUT2D eigenvalue weighted by atomic mass is 9.80. The molecule has 1 saturated heterocycles. The number of amides is 1. The van der Waals surface area contributed by atoms with Crippen molar-refractivity contribution >= 4 is 42.5 Å². The van der Waals surface area contributed by atoms with E-state index < -0.39 is 0 Å². The van der Waals surface area contributed by atoms with Gasteiger partial charge in [-0.25, -0.2) is 0 Å². The van der Waals surface area contributed by atoms with E-state index in [9.17, 15) is 4.79 Å². The Morgan fingerprint density at radius 1 is 1.24 bits per heavy atom. The molecule has 8 heteroatoms. The van der Waals surface area contributed by atoms with Crippen LogP contribution in [-0.4, -0.2) is 47.5 Å². The van der Waals surface area contributed by atoms with Gasteiger partial charge in [0.25, 0.3) is 5.91 Å². The summed E-state index contributed by atoms with van der Waals surface area (Å²) < 4.78 is 5.27. The molecule has 1 aliphatic carbocycles. The maximum atomic E-state index is 12.4. The van der Waals surface area contributed by atoms with E-state index in [-0.39, 0.29) is 36.3 Å². The molecule has 1 aliphatic heterocycles. The molecule has 1 amide bonds. The van der Waals surface area contributed by atoms with E-state index >= 15 is 0 Å². The molecular formula is C17H29Cl2N3O2S. The van der Waals surface area contributed by atoms with Gasteiger partial charge in [0.05, 0.1) is 12.1 Å². The van der Waals surface area contributed by atoms with Crippen LogP contribution in [0.3, 0.4) is 0 Å². The fraction of sp³-hybridized carbons (Fsp3) is 0.706. The smallest absolute Gasteiger partial charge is 0.254 e. The molecule has 1 saturated carbocycles. The van der Waals surface area contributed by atoms with E-state index in [0.29, 0.717) is 17.9 Å². The largest absolute Gasteiger partial charge is 0.467 e. The lowest BCUT2D eigenvalue weighted by Crippen LogP contribution is -2.58. The molecular weight excluding hydrogens is 381 g/mol. The predicted octanol–water partition coefficient (Wildman–Crippen LogP) is 3.06. The van der Waals surface area contributed by atoms with Crippen LogP contribution in [0.5, 0.6) is 0 Å². The van der Waals surface area contributed by atoms with Crippen molar-refractivity contribution in [3.05, 3.63) is 23.7 Å². The summed E-state index contributed by atoms with van der Waals surface area (Å²) in [6, 6.07) is 1.74. The summed E-state index contributed by atoms with van der Waals surface area (Å²) in [5, 5.41) is 3.16. The zero-order valence-corrected chi connectivity index (χ0v) is 16.9. The fourth-order valence-corrected chi connectivity index (χ4v) is 4.71. The van der Waals surface area contributed by atoms with E-state index in [4.69, 9.17) is 10.2 Å². The first-order valence-electron chi connectivity index (χ1n) is 8.62. The fourth-order valence-electron chi connectivity index (χ4n) is 3.81. The molecule has 2 fully saturated rings. The first-order valence-corrected chi connectivity index (χ1v) is 9.77. The normalized spacial score (nSPS) is 20.2. The van der Waals surface area contributed by atoms with Crippen LogP contribution in [0, 0.1) is 0 Å². The lowest BCUT2D eigenvalue weighted by Gasteiger charge is -2.48. The summed E-state index contributed by atoms with van der Waals surface area (Å²) in [6.07, 6.45) is 7.74. The summed E-state index contributed by atoms with van der Waals surface area (Å²) >= 11 is 2.03. The molecule has 3 rings (SSSR count). The van der Waals surface area contributed by atoms with Crippen LogP contribution in [0.2, 0.25) is 0 Å². The molecule has 1 aromatic rings. The predicted molar refractivity (Wildman–Crippen MR) is 108 cm³/mol. The van der Waals surface area contributed by atoms with Crippen molar-refractivity contribution in [3.8, 4) is 0 Å². The van der Waals surface area contributed by atoms with Crippen LogP contribution in [0.1, 0.15) is 48.2 Å². The van der Waals surface area contributed by atoms with Crippen molar-refractivity contribution < 1.29 is 9.21 Å². The van der Waals surface area contributed by atoms with Crippen LogP contribution in [0.4, 0.5) is 0 Å². The minimum atomic E-state index is -0.0511. The molecule has 5 nitrogen and oxygen atoms in total. The highest BCUT2D eigenvalue weighted by atomic mass is 35.5. The zero-order chi connectivity index (χ0) is 16.1. The second-order valence-corrected chi connectivity index (χ2v) is 7.80. The molecule has 144 valence electrons. The Kier molecular flexibility index (Phi) is 9.67. The van der Waals surface area contributed by atoms with Crippen LogP contribution >= 0.6 is 36.6 Å². The number of carbonyl (C=O) groups is 1. The topological polar surface area (TPSA) is 71.5 Å². The van der Waals surface area contributed by atoms with Gasteiger partial charge in [-0.05, 0) is 18.9 Å². The number of hydrogen-bond acceptors (Lipinski definition) is 5.